The van der Waals surface area contributed by atoms with Crippen LogP contribution in [0.1, 0.15) is 28.4 Å². The fourth-order valence-corrected chi connectivity index (χ4v) is 3.84. The molecule has 0 fully saturated rings. The standard InChI is InChI=1S/C16H13ClN2O3S/c17-12-6-5-10(9-14(12)19(21)22)16(20)18-13-7-8-23-15-4-2-1-3-11(13)15/h1-6,9,13H,7-8H2,(H,18,20)/t13-/m0/s1. The quantitative estimate of drug-likeness (QED) is 0.666. The minimum atomic E-state index is -0.592. The Labute approximate surface area is 142 Å². The van der Waals surface area contributed by atoms with Crippen molar-refractivity contribution in [2.75, 3.05) is 5.75 Å². The Morgan fingerprint density at radius 3 is 2.87 bits per heavy atom. The lowest BCUT2D eigenvalue weighted by Crippen LogP contribution is -2.30. The molecule has 23 heavy (non-hydrogen) atoms. The summed E-state index contributed by atoms with van der Waals surface area (Å²) >= 11 is 7.54. The number of amides is 1. The second-order valence-electron chi connectivity index (χ2n) is 5.12. The molecule has 1 aliphatic heterocycles. The third kappa shape index (κ3) is 3.33. The summed E-state index contributed by atoms with van der Waals surface area (Å²) in [5, 5.41) is 13.9. The molecule has 0 unspecified atom stereocenters. The number of nitro groups is 1. The zero-order valence-electron chi connectivity index (χ0n) is 12.0. The van der Waals surface area contributed by atoms with Gasteiger partial charge in [0.25, 0.3) is 11.6 Å². The molecule has 5 nitrogen and oxygen atoms in total. The molecule has 1 aliphatic rings. The predicted octanol–water partition coefficient (Wildman–Crippen LogP) is 4.22. The van der Waals surface area contributed by atoms with Gasteiger partial charge in [-0.25, -0.2) is 0 Å². The summed E-state index contributed by atoms with van der Waals surface area (Å²) in [7, 11) is 0. The number of thioether (sulfide) groups is 1. The molecule has 2 aromatic rings. The van der Waals surface area contributed by atoms with Crippen LogP contribution >= 0.6 is 23.4 Å². The van der Waals surface area contributed by atoms with Crippen LogP contribution in [0.5, 0.6) is 0 Å². The third-order valence-electron chi connectivity index (χ3n) is 3.67. The van der Waals surface area contributed by atoms with Gasteiger partial charge in [-0.05, 0) is 30.2 Å². The lowest BCUT2D eigenvalue weighted by Gasteiger charge is -2.25. The van der Waals surface area contributed by atoms with Gasteiger partial charge >= 0.3 is 0 Å². The van der Waals surface area contributed by atoms with E-state index in [1.54, 1.807) is 11.8 Å². The molecule has 1 heterocycles. The molecular weight excluding hydrogens is 336 g/mol. The van der Waals surface area contributed by atoms with Crippen molar-refractivity contribution in [3.05, 3.63) is 68.7 Å². The first-order valence-corrected chi connectivity index (χ1v) is 8.39. The molecule has 0 saturated heterocycles. The van der Waals surface area contributed by atoms with E-state index in [1.165, 1.54) is 18.2 Å². The third-order valence-corrected chi connectivity index (χ3v) is 5.11. The van der Waals surface area contributed by atoms with E-state index in [-0.39, 0.29) is 28.2 Å². The normalized spacial score (nSPS) is 16.5. The van der Waals surface area contributed by atoms with Gasteiger partial charge in [0.15, 0.2) is 0 Å². The number of hydrogen-bond acceptors (Lipinski definition) is 4. The van der Waals surface area contributed by atoms with Crippen LogP contribution in [0.3, 0.4) is 0 Å². The number of halogens is 1. The van der Waals surface area contributed by atoms with Crippen molar-refractivity contribution in [2.45, 2.75) is 17.4 Å². The Bertz CT molecular complexity index is 782. The maximum Gasteiger partial charge on any atom is 0.288 e. The van der Waals surface area contributed by atoms with E-state index >= 15 is 0 Å². The van der Waals surface area contributed by atoms with Crippen LogP contribution in [0.25, 0.3) is 0 Å². The maximum atomic E-state index is 12.4. The highest BCUT2D eigenvalue weighted by atomic mass is 35.5. The molecule has 2 aromatic carbocycles. The van der Waals surface area contributed by atoms with Crippen LogP contribution in [0, 0.1) is 10.1 Å². The molecule has 1 atom stereocenters. The van der Waals surface area contributed by atoms with Gasteiger partial charge < -0.3 is 5.32 Å². The molecule has 0 aliphatic carbocycles. The summed E-state index contributed by atoms with van der Waals surface area (Å²) in [6.45, 7) is 0. The number of fused-ring (bicyclic) bond motifs is 1. The van der Waals surface area contributed by atoms with E-state index in [2.05, 4.69) is 5.32 Å². The smallest absolute Gasteiger partial charge is 0.288 e. The number of rotatable bonds is 3. The highest BCUT2D eigenvalue weighted by Crippen LogP contribution is 2.36. The van der Waals surface area contributed by atoms with Crippen LogP contribution in [0.4, 0.5) is 5.69 Å². The Kier molecular flexibility index (Phi) is 4.54. The van der Waals surface area contributed by atoms with E-state index in [0.29, 0.717) is 0 Å². The predicted molar refractivity (Wildman–Crippen MR) is 90.1 cm³/mol. The van der Waals surface area contributed by atoms with Crippen molar-refractivity contribution in [2.24, 2.45) is 0 Å². The molecule has 0 spiro atoms. The second kappa shape index (κ2) is 6.60. The summed E-state index contributed by atoms with van der Waals surface area (Å²) < 4.78 is 0. The Morgan fingerprint density at radius 1 is 1.30 bits per heavy atom. The number of carbonyl (C=O) groups is 1. The molecular formula is C16H13ClN2O3S. The number of benzene rings is 2. The molecule has 7 heteroatoms. The fraction of sp³-hybridized carbons (Fsp3) is 0.188. The fourth-order valence-electron chi connectivity index (χ4n) is 2.53. The Morgan fingerprint density at radius 2 is 2.09 bits per heavy atom. The molecule has 118 valence electrons. The van der Waals surface area contributed by atoms with Crippen LogP contribution in [-0.4, -0.2) is 16.6 Å². The average molecular weight is 349 g/mol. The van der Waals surface area contributed by atoms with Crippen molar-refractivity contribution >= 4 is 35.0 Å². The van der Waals surface area contributed by atoms with Gasteiger partial charge in [0.2, 0.25) is 0 Å². The number of nitrogens with zero attached hydrogens (tertiary/aromatic N) is 1. The topological polar surface area (TPSA) is 72.2 Å². The van der Waals surface area contributed by atoms with Gasteiger partial charge in [-0.1, -0.05) is 29.8 Å². The summed E-state index contributed by atoms with van der Waals surface area (Å²) in [6.07, 6.45) is 0.823. The minimum absolute atomic E-state index is 0.0194. The monoisotopic (exact) mass is 348 g/mol. The number of carbonyl (C=O) groups excluding carboxylic acids is 1. The van der Waals surface area contributed by atoms with Crippen molar-refractivity contribution < 1.29 is 9.72 Å². The largest absolute Gasteiger partial charge is 0.345 e. The minimum Gasteiger partial charge on any atom is -0.345 e. The lowest BCUT2D eigenvalue weighted by molar-refractivity contribution is -0.384. The van der Waals surface area contributed by atoms with Crippen LogP contribution < -0.4 is 5.32 Å². The van der Waals surface area contributed by atoms with E-state index in [9.17, 15) is 14.9 Å². The van der Waals surface area contributed by atoms with Gasteiger partial charge in [0.1, 0.15) is 5.02 Å². The first kappa shape index (κ1) is 15.8. The van der Waals surface area contributed by atoms with E-state index < -0.39 is 4.92 Å². The van der Waals surface area contributed by atoms with Crippen molar-refractivity contribution in [3.8, 4) is 0 Å². The SMILES string of the molecule is O=C(N[C@H]1CCSc2ccccc21)c1ccc(Cl)c([N+](=O)[O-])c1. The lowest BCUT2D eigenvalue weighted by atomic mass is 10.0. The van der Waals surface area contributed by atoms with Crippen LogP contribution in [0.2, 0.25) is 5.02 Å². The summed E-state index contributed by atoms with van der Waals surface area (Å²) in [6, 6.07) is 11.9. The molecule has 0 saturated carbocycles. The highest BCUT2D eigenvalue weighted by Gasteiger charge is 2.23. The molecule has 0 radical (unpaired) electrons. The number of nitro benzene ring substituents is 1. The van der Waals surface area contributed by atoms with Crippen molar-refractivity contribution in [1.29, 1.82) is 0 Å². The van der Waals surface area contributed by atoms with E-state index in [1.807, 2.05) is 24.3 Å². The Balaban J connectivity index is 1.83. The number of nitrogens with one attached hydrogen (secondary N) is 1. The summed E-state index contributed by atoms with van der Waals surface area (Å²) in [5.41, 5.74) is 1.05. The van der Waals surface area contributed by atoms with Crippen molar-refractivity contribution in [3.63, 3.8) is 0 Å². The highest BCUT2D eigenvalue weighted by molar-refractivity contribution is 7.99. The van der Waals surface area contributed by atoms with Gasteiger partial charge in [0.05, 0.1) is 11.0 Å². The molecule has 0 aromatic heterocycles. The van der Waals surface area contributed by atoms with Gasteiger partial charge in [-0.2, -0.15) is 0 Å². The van der Waals surface area contributed by atoms with Gasteiger partial charge in [0, 0.05) is 22.3 Å². The first-order valence-electron chi connectivity index (χ1n) is 7.03. The molecule has 3 rings (SSSR count). The summed E-state index contributed by atoms with van der Waals surface area (Å²) in [5.74, 6) is 0.583. The summed E-state index contributed by atoms with van der Waals surface area (Å²) in [4.78, 5) is 23.9. The van der Waals surface area contributed by atoms with E-state index in [0.717, 1.165) is 22.6 Å². The average Bonchev–Trinajstić information content (AvgIpc) is 2.55. The Hall–Kier alpha value is -2.05. The second-order valence-corrected chi connectivity index (χ2v) is 6.67. The maximum absolute atomic E-state index is 12.4. The molecule has 0 bridgehead atoms. The molecule has 1 N–H and O–H groups in total. The number of hydrogen-bond donors (Lipinski definition) is 1. The zero-order valence-corrected chi connectivity index (χ0v) is 13.6. The van der Waals surface area contributed by atoms with Crippen LogP contribution in [-0.2, 0) is 0 Å². The molecule has 1 amide bonds. The zero-order chi connectivity index (χ0) is 16.4. The van der Waals surface area contributed by atoms with Gasteiger partial charge in [-0.3, -0.25) is 14.9 Å². The van der Waals surface area contributed by atoms with Gasteiger partial charge in [-0.15, -0.1) is 11.8 Å². The van der Waals surface area contributed by atoms with Crippen LogP contribution in [0.15, 0.2) is 47.4 Å². The van der Waals surface area contributed by atoms with E-state index in [4.69, 9.17) is 11.6 Å². The first-order chi connectivity index (χ1) is 11.1. The van der Waals surface area contributed by atoms with Crippen molar-refractivity contribution in [1.82, 2.24) is 5.32 Å².